The smallest absolute Gasteiger partial charge is 0.138 e. The van der Waals surface area contributed by atoms with Gasteiger partial charge < -0.3 is 9.84 Å². The van der Waals surface area contributed by atoms with Crippen LogP contribution in [0.1, 0.15) is 62.5 Å². The van der Waals surface area contributed by atoms with Crippen LogP contribution in [-0.2, 0) is 6.54 Å². The average Bonchev–Trinajstić information content (AvgIpc) is 2.68. The van der Waals surface area contributed by atoms with E-state index in [1.165, 1.54) is 44.1 Å². The minimum Gasteiger partial charge on any atom is -0.361 e. The normalized spacial score (nSPS) is 19.1. The lowest BCUT2D eigenvalue weighted by Gasteiger charge is -2.25. The third-order valence-corrected chi connectivity index (χ3v) is 4.22. The van der Waals surface area contributed by atoms with Crippen LogP contribution in [0.5, 0.6) is 0 Å². The van der Waals surface area contributed by atoms with Crippen molar-refractivity contribution in [1.82, 2.24) is 10.5 Å². The van der Waals surface area contributed by atoms with Crippen molar-refractivity contribution < 1.29 is 4.52 Å². The molecule has 18 heavy (non-hydrogen) atoms. The van der Waals surface area contributed by atoms with Crippen molar-refractivity contribution in [3.8, 4) is 0 Å². The predicted molar refractivity (Wildman–Crippen MR) is 73.5 cm³/mol. The maximum Gasteiger partial charge on any atom is 0.138 e. The molecular formula is C15H26N2O. The molecule has 0 bridgehead atoms. The molecule has 0 aromatic carbocycles. The minimum atomic E-state index is 0.585. The summed E-state index contributed by atoms with van der Waals surface area (Å²) in [5.41, 5.74) is 2.25. The van der Waals surface area contributed by atoms with Crippen molar-refractivity contribution >= 4 is 0 Å². The first-order valence-corrected chi connectivity index (χ1v) is 7.32. The molecular weight excluding hydrogens is 224 g/mol. The van der Waals surface area contributed by atoms with Crippen LogP contribution in [-0.4, -0.2) is 11.2 Å². The second-order valence-electron chi connectivity index (χ2n) is 5.82. The zero-order valence-corrected chi connectivity index (χ0v) is 12.0. The Hall–Kier alpha value is -0.830. The molecule has 1 aromatic rings. The van der Waals surface area contributed by atoms with Gasteiger partial charge in [0.25, 0.3) is 0 Å². The Kier molecular flexibility index (Phi) is 4.81. The Morgan fingerprint density at radius 1 is 1.28 bits per heavy atom. The third kappa shape index (κ3) is 3.58. The molecule has 0 aliphatic heterocycles. The lowest BCUT2D eigenvalue weighted by atomic mass is 9.85. The van der Waals surface area contributed by atoms with Gasteiger partial charge in [-0.1, -0.05) is 37.3 Å². The van der Waals surface area contributed by atoms with Crippen LogP contribution in [0.25, 0.3) is 0 Å². The fourth-order valence-electron chi connectivity index (χ4n) is 3.04. The van der Waals surface area contributed by atoms with Gasteiger partial charge in [-0.3, -0.25) is 0 Å². The van der Waals surface area contributed by atoms with E-state index in [-0.39, 0.29) is 0 Å². The Balaban J connectivity index is 1.75. The van der Waals surface area contributed by atoms with Crippen molar-refractivity contribution in [1.29, 1.82) is 0 Å². The zero-order chi connectivity index (χ0) is 13.0. The summed E-state index contributed by atoms with van der Waals surface area (Å²) in [6.45, 7) is 7.18. The fourth-order valence-corrected chi connectivity index (χ4v) is 3.04. The summed E-state index contributed by atoms with van der Waals surface area (Å²) in [7, 11) is 0. The van der Waals surface area contributed by atoms with E-state index in [0.717, 1.165) is 23.9 Å². The summed E-state index contributed by atoms with van der Waals surface area (Å²) in [5.74, 6) is 1.88. The molecule has 0 amide bonds. The Morgan fingerprint density at radius 2 is 2.00 bits per heavy atom. The molecule has 1 fully saturated rings. The van der Waals surface area contributed by atoms with Crippen molar-refractivity contribution in [2.24, 2.45) is 5.92 Å². The monoisotopic (exact) mass is 250 g/mol. The fraction of sp³-hybridized carbons (Fsp3) is 0.800. The number of hydrogen-bond donors (Lipinski definition) is 1. The van der Waals surface area contributed by atoms with Gasteiger partial charge in [0.2, 0.25) is 0 Å². The molecule has 3 nitrogen and oxygen atoms in total. The van der Waals surface area contributed by atoms with Crippen LogP contribution in [0.3, 0.4) is 0 Å². The second kappa shape index (κ2) is 6.37. The molecule has 1 saturated carbocycles. The molecule has 1 N–H and O–H groups in total. The summed E-state index contributed by atoms with van der Waals surface area (Å²) in [4.78, 5) is 0. The quantitative estimate of drug-likeness (QED) is 0.865. The second-order valence-corrected chi connectivity index (χ2v) is 5.82. The summed E-state index contributed by atoms with van der Waals surface area (Å²) in [5, 5.41) is 7.61. The number of nitrogens with zero attached hydrogens (tertiary/aromatic N) is 1. The van der Waals surface area contributed by atoms with E-state index in [1.54, 1.807) is 0 Å². The van der Waals surface area contributed by atoms with Crippen molar-refractivity contribution in [3.63, 3.8) is 0 Å². The molecule has 1 atom stereocenters. The largest absolute Gasteiger partial charge is 0.361 e. The third-order valence-electron chi connectivity index (χ3n) is 4.22. The summed E-state index contributed by atoms with van der Waals surface area (Å²) >= 11 is 0. The Labute approximate surface area is 110 Å². The molecule has 1 aromatic heterocycles. The highest BCUT2D eigenvalue weighted by molar-refractivity contribution is 5.20. The van der Waals surface area contributed by atoms with Crippen LogP contribution in [0.4, 0.5) is 0 Å². The average molecular weight is 250 g/mol. The van der Waals surface area contributed by atoms with Gasteiger partial charge in [-0.15, -0.1) is 0 Å². The molecule has 0 spiro atoms. The van der Waals surface area contributed by atoms with Gasteiger partial charge in [0.1, 0.15) is 5.76 Å². The molecule has 102 valence electrons. The molecule has 0 saturated heterocycles. The van der Waals surface area contributed by atoms with Gasteiger partial charge in [0.05, 0.1) is 5.69 Å². The minimum absolute atomic E-state index is 0.585. The van der Waals surface area contributed by atoms with E-state index in [9.17, 15) is 0 Å². The van der Waals surface area contributed by atoms with E-state index in [2.05, 4.69) is 17.4 Å². The zero-order valence-electron chi connectivity index (χ0n) is 12.0. The summed E-state index contributed by atoms with van der Waals surface area (Å²) in [6.07, 6.45) is 8.47. The standard InChI is InChI=1S/C15H26N2O/c1-11(9-14-7-5-4-6-8-14)16-10-15-12(2)17-18-13(15)3/h11,14,16H,4-10H2,1-3H3/t11-/m1/s1. The number of nitrogens with one attached hydrogen (secondary N) is 1. The van der Waals surface area contributed by atoms with Crippen LogP contribution >= 0.6 is 0 Å². The van der Waals surface area contributed by atoms with Gasteiger partial charge in [0.15, 0.2) is 0 Å². The van der Waals surface area contributed by atoms with Crippen LogP contribution in [0.15, 0.2) is 4.52 Å². The Morgan fingerprint density at radius 3 is 2.61 bits per heavy atom. The highest BCUT2D eigenvalue weighted by Gasteiger charge is 2.17. The maximum absolute atomic E-state index is 5.19. The van der Waals surface area contributed by atoms with Crippen molar-refractivity contribution in [2.45, 2.75) is 71.9 Å². The van der Waals surface area contributed by atoms with Crippen LogP contribution < -0.4 is 5.32 Å². The molecule has 3 heteroatoms. The first-order chi connectivity index (χ1) is 8.66. The van der Waals surface area contributed by atoms with E-state index >= 15 is 0 Å². The molecule has 1 heterocycles. The van der Waals surface area contributed by atoms with Gasteiger partial charge in [-0.05, 0) is 33.1 Å². The van der Waals surface area contributed by atoms with Crippen LogP contribution in [0.2, 0.25) is 0 Å². The summed E-state index contributed by atoms with van der Waals surface area (Å²) < 4.78 is 5.19. The molecule has 1 aliphatic rings. The first-order valence-electron chi connectivity index (χ1n) is 7.32. The molecule has 1 aliphatic carbocycles. The van der Waals surface area contributed by atoms with Crippen molar-refractivity contribution in [2.75, 3.05) is 0 Å². The van der Waals surface area contributed by atoms with Crippen LogP contribution in [0, 0.1) is 19.8 Å². The lowest BCUT2D eigenvalue weighted by Crippen LogP contribution is -2.28. The van der Waals surface area contributed by atoms with Gasteiger partial charge >= 0.3 is 0 Å². The number of aryl methyl sites for hydroxylation is 2. The van der Waals surface area contributed by atoms with E-state index < -0.39 is 0 Å². The van der Waals surface area contributed by atoms with Gasteiger partial charge in [-0.25, -0.2) is 0 Å². The van der Waals surface area contributed by atoms with E-state index in [4.69, 9.17) is 4.52 Å². The number of aromatic nitrogens is 1. The SMILES string of the molecule is Cc1noc(C)c1CN[C@H](C)CC1CCCCC1. The highest BCUT2D eigenvalue weighted by atomic mass is 16.5. The predicted octanol–water partition coefficient (Wildman–Crippen LogP) is 3.74. The van der Waals surface area contributed by atoms with Crippen molar-refractivity contribution in [3.05, 3.63) is 17.0 Å². The summed E-state index contributed by atoms with van der Waals surface area (Å²) in [6, 6.07) is 0.585. The first kappa shape index (κ1) is 13.6. The Bertz CT molecular complexity index is 347. The molecule has 0 unspecified atom stereocenters. The maximum atomic E-state index is 5.19. The number of rotatable bonds is 5. The number of hydrogen-bond acceptors (Lipinski definition) is 3. The topological polar surface area (TPSA) is 38.1 Å². The molecule has 2 rings (SSSR count). The van der Waals surface area contributed by atoms with E-state index in [1.807, 2.05) is 13.8 Å². The van der Waals surface area contributed by atoms with Gasteiger partial charge in [-0.2, -0.15) is 0 Å². The molecule has 0 radical (unpaired) electrons. The van der Waals surface area contributed by atoms with Gasteiger partial charge in [0, 0.05) is 18.2 Å². The lowest BCUT2D eigenvalue weighted by molar-refractivity contribution is 0.304. The highest BCUT2D eigenvalue weighted by Crippen LogP contribution is 2.27. The van der Waals surface area contributed by atoms with E-state index in [0.29, 0.717) is 6.04 Å².